The quantitative estimate of drug-likeness (QED) is 0.0191. The molecule has 0 N–H and O–H groups in total. The van der Waals surface area contributed by atoms with Crippen molar-refractivity contribution in [3.8, 4) is 11.5 Å². The minimum absolute atomic E-state index is 0.00743. The first kappa shape index (κ1) is 58.8. The van der Waals surface area contributed by atoms with Gasteiger partial charge in [-0.1, -0.05) is 36.6 Å². The number of ether oxygens (including phenoxy) is 8. The Morgan fingerprint density at radius 3 is 1.41 bits per heavy atom. The zero-order chi connectivity index (χ0) is 55.2. The predicted octanol–water partition coefficient (Wildman–Crippen LogP) is 10.3. The molecule has 78 heavy (non-hydrogen) atoms. The predicted molar refractivity (Wildman–Crippen MR) is 283 cm³/mol. The molecule has 0 saturated heterocycles. The molecule has 4 aliphatic rings. The minimum atomic E-state index is -0.489. The van der Waals surface area contributed by atoms with Crippen LogP contribution in [0.3, 0.4) is 0 Å². The molecular formula is C58H71N3O16S. The molecular weight excluding hydrogens is 1030 g/mol. The van der Waals surface area contributed by atoms with Gasteiger partial charge in [0.2, 0.25) is 5.13 Å². The standard InChI is InChI=1S/C58H71N3O16S/c1-3-50(62)70-31-7-9-33-72-52(64)37-13-17-39(18-14-37)54(66)74-44-25-21-41(22-26-44)56(68)76-46-29-30-48(43(35-46)36-59-61-58-60-47-11-5-6-12-49(47)78-58)77-57(69)42-23-27-45(28-24-42)75-55(67)40-19-15-38(16-20-40)53(65)73-34-10-8-32-71-51(63)4-2/h3-6,11-12,29-30,35,37-42,44-45H,1-2,7-10,13-28,31-34,36H2. The Balaban J connectivity index is 0.839. The molecule has 0 aliphatic heterocycles. The number of carbonyl (C=O) groups is 8. The number of fused-ring (bicyclic) bond motifs is 1. The molecule has 20 heteroatoms. The molecule has 420 valence electrons. The molecule has 0 unspecified atom stereocenters. The van der Waals surface area contributed by atoms with Crippen LogP contribution in [-0.2, 0) is 73.3 Å². The summed E-state index contributed by atoms with van der Waals surface area (Å²) in [6, 6.07) is 12.4. The smallest absolute Gasteiger partial charge is 0.330 e. The highest BCUT2D eigenvalue weighted by atomic mass is 32.1. The van der Waals surface area contributed by atoms with E-state index in [0.29, 0.717) is 139 Å². The third-order valence-electron chi connectivity index (χ3n) is 14.9. The number of nitrogens with zero attached hydrogens (tertiary/aromatic N) is 3. The van der Waals surface area contributed by atoms with Crippen molar-refractivity contribution >= 4 is 74.4 Å². The molecule has 0 amide bonds. The summed E-state index contributed by atoms with van der Waals surface area (Å²) in [4.78, 5) is 106. The van der Waals surface area contributed by atoms with Crippen LogP contribution in [0.15, 0.2) is 78.0 Å². The second-order valence-corrected chi connectivity index (χ2v) is 21.4. The molecule has 4 saturated carbocycles. The van der Waals surface area contributed by atoms with Crippen LogP contribution in [0.2, 0.25) is 0 Å². The van der Waals surface area contributed by atoms with Gasteiger partial charge in [-0.05, 0) is 159 Å². The van der Waals surface area contributed by atoms with Gasteiger partial charge in [-0.25, -0.2) is 14.6 Å². The normalized spacial score (nSPS) is 23.2. The van der Waals surface area contributed by atoms with Gasteiger partial charge in [0.25, 0.3) is 0 Å². The molecule has 1 heterocycles. The third kappa shape index (κ3) is 18.1. The summed E-state index contributed by atoms with van der Waals surface area (Å²) in [6.45, 7) is 7.63. The van der Waals surface area contributed by atoms with Gasteiger partial charge in [0.15, 0.2) is 0 Å². The summed E-state index contributed by atoms with van der Waals surface area (Å²) >= 11 is 1.39. The minimum Gasteiger partial charge on any atom is -0.465 e. The van der Waals surface area contributed by atoms with E-state index in [9.17, 15) is 38.4 Å². The first-order chi connectivity index (χ1) is 37.8. The third-order valence-corrected chi connectivity index (χ3v) is 15.8. The maximum Gasteiger partial charge on any atom is 0.330 e. The summed E-state index contributed by atoms with van der Waals surface area (Å²) in [6.07, 6.45) is 11.8. The lowest BCUT2D eigenvalue weighted by molar-refractivity contribution is -0.161. The van der Waals surface area contributed by atoms with E-state index in [-0.39, 0.29) is 104 Å². The lowest BCUT2D eigenvalue weighted by Gasteiger charge is -2.30. The van der Waals surface area contributed by atoms with Crippen molar-refractivity contribution in [2.75, 3.05) is 26.4 Å². The van der Waals surface area contributed by atoms with Crippen molar-refractivity contribution in [2.24, 2.45) is 45.7 Å². The molecule has 4 aliphatic carbocycles. The summed E-state index contributed by atoms with van der Waals surface area (Å²) in [7, 11) is 0. The molecule has 2 aromatic carbocycles. The van der Waals surface area contributed by atoms with Gasteiger partial charge in [-0.2, -0.15) is 5.11 Å². The molecule has 4 fully saturated rings. The number of esters is 8. The van der Waals surface area contributed by atoms with Crippen LogP contribution in [0.1, 0.15) is 134 Å². The maximum absolute atomic E-state index is 13.7. The monoisotopic (exact) mass is 1100 g/mol. The van der Waals surface area contributed by atoms with Crippen molar-refractivity contribution in [3.63, 3.8) is 0 Å². The van der Waals surface area contributed by atoms with Crippen LogP contribution in [0.5, 0.6) is 11.5 Å². The highest BCUT2D eigenvalue weighted by Gasteiger charge is 2.37. The number of benzene rings is 2. The van der Waals surface area contributed by atoms with Gasteiger partial charge < -0.3 is 37.9 Å². The highest BCUT2D eigenvalue weighted by Crippen LogP contribution is 2.37. The van der Waals surface area contributed by atoms with Gasteiger partial charge in [0, 0.05) is 17.7 Å². The fourth-order valence-electron chi connectivity index (χ4n) is 10.2. The molecule has 0 bridgehead atoms. The zero-order valence-corrected chi connectivity index (χ0v) is 45.0. The largest absolute Gasteiger partial charge is 0.465 e. The maximum atomic E-state index is 13.7. The first-order valence-electron chi connectivity index (χ1n) is 27.5. The van der Waals surface area contributed by atoms with Crippen LogP contribution in [0.25, 0.3) is 10.2 Å². The Morgan fingerprint density at radius 2 is 0.936 bits per heavy atom. The van der Waals surface area contributed by atoms with Gasteiger partial charge in [0.1, 0.15) is 23.7 Å². The van der Waals surface area contributed by atoms with Crippen LogP contribution >= 0.6 is 11.3 Å². The van der Waals surface area contributed by atoms with Gasteiger partial charge in [0.05, 0.1) is 78.7 Å². The zero-order valence-electron chi connectivity index (χ0n) is 44.2. The van der Waals surface area contributed by atoms with Crippen LogP contribution in [0, 0.1) is 35.5 Å². The van der Waals surface area contributed by atoms with E-state index in [1.807, 2.05) is 24.3 Å². The van der Waals surface area contributed by atoms with Crippen LogP contribution in [-0.4, -0.2) is 91.4 Å². The van der Waals surface area contributed by atoms with Crippen LogP contribution in [0.4, 0.5) is 5.13 Å². The van der Waals surface area contributed by atoms with Crippen LogP contribution < -0.4 is 9.47 Å². The van der Waals surface area contributed by atoms with E-state index in [4.69, 9.17) is 37.9 Å². The second-order valence-electron chi connectivity index (χ2n) is 20.4. The van der Waals surface area contributed by atoms with Crippen molar-refractivity contribution in [3.05, 3.63) is 73.3 Å². The van der Waals surface area contributed by atoms with E-state index in [0.717, 1.165) is 22.4 Å². The number of unbranched alkanes of at least 4 members (excludes halogenated alkanes) is 2. The van der Waals surface area contributed by atoms with E-state index in [1.165, 1.54) is 11.3 Å². The summed E-state index contributed by atoms with van der Waals surface area (Å²) in [5, 5.41) is 9.20. The Labute approximate surface area is 458 Å². The molecule has 19 nitrogen and oxygen atoms in total. The summed E-state index contributed by atoms with van der Waals surface area (Å²) in [5.41, 5.74) is 1.26. The molecule has 0 radical (unpaired) electrons. The Kier molecular flexibility index (Phi) is 22.9. The van der Waals surface area contributed by atoms with Gasteiger partial charge in [-0.15, -0.1) is 5.11 Å². The molecule has 7 rings (SSSR count). The fourth-order valence-corrected chi connectivity index (χ4v) is 11.0. The number of hydrogen-bond donors (Lipinski definition) is 0. The highest BCUT2D eigenvalue weighted by molar-refractivity contribution is 7.21. The molecule has 0 atom stereocenters. The summed E-state index contributed by atoms with van der Waals surface area (Å²) < 4.78 is 45.4. The van der Waals surface area contributed by atoms with Crippen molar-refractivity contribution < 1.29 is 76.3 Å². The molecule has 0 spiro atoms. The average Bonchev–Trinajstić information content (AvgIpc) is 3.91. The topological polar surface area (TPSA) is 248 Å². The number of thiazole rings is 1. The van der Waals surface area contributed by atoms with Crippen molar-refractivity contribution in [2.45, 2.75) is 147 Å². The van der Waals surface area contributed by atoms with E-state index < -0.39 is 35.7 Å². The van der Waals surface area contributed by atoms with Crippen molar-refractivity contribution in [1.82, 2.24) is 4.98 Å². The number of hydrogen-bond acceptors (Lipinski definition) is 20. The number of carbonyl (C=O) groups excluding carboxylic acids is 8. The Hall–Kier alpha value is -6.83. The lowest BCUT2D eigenvalue weighted by atomic mass is 9.82. The summed E-state index contributed by atoms with van der Waals surface area (Å²) in [5.74, 6) is -4.51. The Bertz CT molecular complexity index is 2570. The number of aromatic nitrogens is 1. The lowest BCUT2D eigenvalue weighted by Crippen LogP contribution is -2.33. The Morgan fingerprint density at radius 1 is 0.513 bits per heavy atom. The van der Waals surface area contributed by atoms with E-state index in [2.05, 4.69) is 28.4 Å². The molecule has 1 aromatic heterocycles. The number of para-hydroxylation sites is 1. The second kappa shape index (κ2) is 30.4. The van der Waals surface area contributed by atoms with E-state index >= 15 is 0 Å². The first-order valence-corrected chi connectivity index (χ1v) is 28.3. The number of azo groups is 1. The van der Waals surface area contributed by atoms with Crippen molar-refractivity contribution in [1.29, 1.82) is 0 Å². The average molecular weight is 1100 g/mol. The fraction of sp³-hybridized carbons (Fsp3) is 0.569. The van der Waals surface area contributed by atoms with E-state index in [1.54, 1.807) is 18.2 Å². The van der Waals surface area contributed by atoms with Gasteiger partial charge in [-0.3, -0.25) is 28.8 Å². The SMILES string of the molecule is C=CC(=O)OCCCCOC(=O)C1CCC(C(=O)OC2CCC(C(=O)Oc3ccc(OC(=O)C4CCC(OC(=O)C5CCC(C(=O)OCCCCOC(=O)C=C)CC5)CC4)c(CN=Nc4nc5ccccc5s4)c3)CC2)CC1. The number of rotatable bonds is 25. The molecule has 3 aromatic rings. The van der Waals surface area contributed by atoms with Gasteiger partial charge >= 0.3 is 47.8 Å².